The van der Waals surface area contributed by atoms with Gasteiger partial charge < -0.3 is 18.6 Å². The molecule has 1 aromatic carbocycles. The molecule has 1 N–H and O–H groups in total. The van der Waals surface area contributed by atoms with Crippen molar-refractivity contribution < 1.29 is 54.6 Å². The van der Waals surface area contributed by atoms with Crippen LogP contribution in [0.2, 0.25) is 0 Å². The number of nitrogens with one attached hydrogen (secondary N) is 1. The van der Waals surface area contributed by atoms with Crippen molar-refractivity contribution >= 4 is 23.5 Å². The molecule has 48 heavy (non-hydrogen) atoms. The van der Waals surface area contributed by atoms with E-state index in [2.05, 4.69) is 20.5 Å². The Hall–Kier alpha value is -4.25. The van der Waals surface area contributed by atoms with Crippen LogP contribution in [-0.4, -0.2) is 58.2 Å². The Bertz CT molecular complexity index is 1620. The second kappa shape index (κ2) is 13.3. The van der Waals surface area contributed by atoms with Crippen LogP contribution in [0.3, 0.4) is 0 Å². The van der Waals surface area contributed by atoms with Crippen molar-refractivity contribution in [2.45, 2.75) is 89.1 Å². The Morgan fingerprint density at radius 2 is 1.79 bits per heavy atom. The van der Waals surface area contributed by atoms with E-state index >= 15 is 13.2 Å². The largest absolute Gasteiger partial charge is 0.444 e. The van der Waals surface area contributed by atoms with Crippen LogP contribution < -0.4 is 10.2 Å². The van der Waals surface area contributed by atoms with Crippen LogP contribution >= 0.6 is 0 Å². The number of pyridine rings is 1. The second-order valence-corrected chi connectivity index (χ2v) is 12.4. The number of nitrogens with zero attached hydrogens (tertiary/aromatic N) is 4. The van der Waals surface area contributed by atoms with Crippen LogP contribution in [-0.2, 0) is 37.4 Å². The summed E-state index contributed by atoms with van der Waals surface area (Å²) in [6, 6.07) is 7.68. The molecule has 4 heterocycles. The molecule has 1 saturated heterocycles. The molecule has 0 radical (unpaired) electrons. The van der Waals surface area contributed by atoms with Gasteiger partial charge in [0.25, 0.3) is 17.7 Å². The van der Waals surface area contributed by atoms with E-state index in [0.717, 1.165) is 4.90 Å². The number of anilines is 2. The smallest absolute Gasteiger partial charge is 0.426 e. The van der Waals surface area contributed by atoms with Gasteiger partial charge in [-0.05, 0) is 51.7 Å². The van der Waals surface area contributed by atoms with E-state index in [1.807, 2.05) is 0 Å². The van der Waals surface area contributed by atoms with E-state index in [0.29, 0.717) is 11.6 Å². The maximum absolute atomic E-state index is 15.1. The molecule has 2 amide bonds. The minimum absolute atomic E-state index is 0.0592. The first-order valence-electron chi connectivity index (χ1n) is 15.1. The monoisotopic (exact) mass is 685 g/mol. The summed E-state index contributed by atoms with van der Waals surface area (Å²) in [6.45, 7) is 3.39. The minimum atomic E-state index is -5.10. The van der Waals surface area contributed by atoms with Gasteiger partial charge in [-0.15, -0.1) is 10.2 Å². The highest BCUT2D eigenvalue weighted by Gasteiger charge is 2.61. The fraction of sp³-hybridized carbons (Fsp3) is 0.516. The number of morpholine rings is 1. The van der Waals surface area contributed by atoms with E-state index in [1.165, 1.54) is 20.8 Å². The van der Waals surface area contributed by atoms with E-state index in [-0.39, 0.29) is 32.3 Å². The molecular weight excluding hydrogens is 652 g/mol. The van der Waals surface area contributed by atoms with E-state index in [9.17, 15) is 22.8 Å². The number of carbonyl (C=O) groups is 2. The van der Waals surface area contributed by atoms with Gasteiger partial charge in [-0.25, -0.2) is 9.78 Å². The number of benzene rings is 1. The maximum atomic E-state index is 15.1. The Balaban J connectivity index is 1.72. The minimum Gasteiger partial charge on any atom is -0.444 e. The average molecular weight is 686 g/mol. The van der Waals surface area contributed by atoms with Crippen LogP contribution in [0.5, 0.6) is 0 Å². The van der Waals surface area contributed by atoms with Gasteiger partial charge in [0.05, 0.1) is 24.9 Å². The lowest BCUT2D eigenvalue weighted by Gasteiger charge is -2.36. The number of ether oxygens (including phenoxy) is 3. The summed E-state index contributed by atoms with van der Waals surface area (Å²) in [5, 5.41) is 9.59. The number of carbonyl (C=O) groups excluding carboxylic acids is 2. The van der Waals surface area contributed by atoms with Crippen LogP contribution in [0.15, 0.2) is 40.8 Å². The number of amides is 2. The van der Waals surface area contributed by atoms with E-state index < -0.39 is 95.8 Å². The standard InChI is InChI=1S/C31H33F6N5O6/c1-28(2,3)48-27(44)38-21-14-20(30(32,33)34)24-39-23(21)25-40-41-26(47-25)29(31(35,36)37,46-15-18-10-6-4-7-11-18)13-9-5-8-12-19-16-45-17-22(43)42(19)24/h4,6-7,10-11,14,19H,5,8-9,12-13,15-17H2,1-3H3,(H,38,44)/t19-,29?/m1/s1. The molecule has 2 aliphatic heterocycles. The molecular formula is C31H33F6N5O6. The number of alkyl halides is 6. The lowest BCUT2D eigenvalue weighted by atomic mass is 9.93. The number of fused-ring (bicyclic) bond motifs is 7. The third-order valence-corrected chi connectivity index (χ3v) is 7.67. The molecule has 5 rings (SSSR count). The van der Waals surface area contributed by atoms with Gasteiger partial charge in [0.2, 0.25) is 5.60 Å². The molecule has 0 aliphatic carbocycles. The Morgan fingerprint density at radius 1 is 1.06 bits per heavy atom. The number of hydrogen-bond acceptors (Lipinski definition) is 9. The molecule has 2 aliphatic rings. The molecule has 0 saturated carbocycles. The van der Waals surface area contributed by atoms with Crippen molar-refractivity contribution in [1.82, 2.24) is 15.2 Å². The van der Waals surface area contributed by atoms with E-state index in [4.69, 9.17) is 18.6 Å². The van der Waals surface area contributed by atoms with Crippen LogP contribution in [0, 0.1) is 0 Å². The normalized spacial score (nSPS) is 20.9. The summed E-state index contributed by atoms with van der Waals surface area (Å²) in [5.74, 6) is -3.45. The molecule has 11 nitrogen and oxygen atoms in total. The molecule has 260 valence electrons. The van der Waals surface area contributed by atoms with Crippen molar-refractivity contribution in [2.24, 2.45) is 0 Å². The fourth-order valence-electron chi connectivity index (χ4n) is 5.48. The number of aromatic nitrogens is 3. The van der Waals surface area contributed by atoms with Gasteiger partial charge in [-0.1, -0.05) is 43.2 Å². The Morgan fingerprint density at radius 3 is 2.46 bits per heavy atom. The first-order chi connectivity index (χ1) is 22.5. The molecule has 2 atom stereocenters. The predicted octanol–water partition coefficient (Wildman–Crippen LogP) is 7.17. The Labute approximate surface area is 270 Å². The number of halogens is 6. The van der Waals surface area contributed by atoms with Crippen molar-refractivity contribution in [3.8, 4) is 11.6 Å². The molecule has 1 fully saturated rings. The zero-order valence-corrected chi connectivity index (χ0v) is 26.2. The quantitative estimate of drug-likeness (QED) is 0.284. The maximum Gasteiger partial charge on any atom is 0.426 e. The van der Waals surface area contributed by atoms with Gasteiger partial charge in [-0.2, -0.15) is 26.3 Å². The molecule has 3 aromatic rings. The fourth-order valence-corrected chi connectivity index (χ4v) is 5.48. The topological polar surface area (TPSA) is 129 Å². The third kappa shape index (κ3) is 7.56. The van der Waals surface area contributed by atoms with Crippen LogP contribution in [0.25, 0.3) is 11.6 Å². The highest BCUT2D eigenvalue weighted by molar-refractivity contribution is 5.97. The van der Waals surface area contributed by atoms with E-state index in [1.54, 1.807) is 30.3 Å². The van der Waals surface area contributed by atoms with Gasteiger partial charge >= 0.3 is 18.4 Å². The lowest BCUT2D eigenvalue weighted by molar-refractivity contribution is -0.300. The predicted molar refractivity (Wildman–Crippen MR) is 157 cm³/mol. The lowest BCUT2D eigenvalue weighted by Crippen LogP contribution is -2.50. The number of hydrogen-bond donors (Lipinski definition) is 1. The van der Waals surface area contributed by atoms with Crippen molar-refractivity contribution in [1.29, 1.82) is 0 Å². The SMILES string of the molecule is CC(C)(C)OC(=O)Nc1cc(C(F)(F)F)c2nc1-c1nnc(o1)C(OCc1ccccc1)(C(F)(F)F)CCCCC[C@@H]1COCC(=O)N21. The second-order valence-electron chi connectivity index (χ2n) is 12.4. The molecule has 2 aromatic heterocycles. The summed E-state index contributed by atoms with van der Waals surface area (Å²) >= 11 is 0. The first-order valence-corrected chi connectivity index (χ1v) is 15.1. The van der Waals surface area contributed by atoms with Gasteiger partial charge in [0, 0.05) is 0 Å². The van der Waals surface area contributed by atoms with Crippen LogP contribution in [0.1, 0.15) is 69.9 Å². The first kappa shape index (κ1) is 35.1. The summed E-state index contributed by atoms with van der Waals surface area (Å²) in [5.41, 5.74) is -6.45. The summed E-state index contributed by atoms with van der Waals surface area (Å²) in [4.78, 5) is 30.8. The van der Waals surface area contributed by atoms with Crippen molar-refractivity contribution in [3.05, 3.63) is 53.4 Å². The molecule has 4 bridgehead atoms. The third-order valence-electron chi connectivity index (χ3n) is 7.67. The van der Waals surface area contributed by atoms with Gasteiger partial charge in [0.15, 0.2) is 5.69 Å². The summed E-state index contributed by atoms with van der Waals surface area (Å²) < 4.78 is 111. The van der Waals surface area contributed by atoms with Crippen molar-refractivity contribution in [2.75, 3.05) is 23.4 Å². The molecule has 0 spiro atoms. The average Bonchev–Trinajstić information content (AvgIpc) is 3.47. The van der Waals surface area contributed by atoms with Gasteiger partial charge in [0.1, 0.15) is 23.6 Å². The highest BCUT2D eigenvalue weighted by atomic mass is 19.4. The summed E-state index contributed by atoms with van der Waals surface area (Å²) in [7, 11) is 0. The van der Waals surface area contributed by atoms with Crippen molar-refractivity contribution in [3.63, 3.8) is 0 Å². The number of rotatable bonds is 4. The molecule has 1 unspecified atom stereocenters. The zero-order valence-electron chi connectivity index (χ0n) is 26.2. The van der Waals surface area contributed by atoms with Crippen LogP contribution in [0.4, 0.5) is 42.6 Å². The molecule has 17 heteroatoms. The van der Waals surface area contributed by atoms with Gasteiger partial charge in [-0.3, -0.25) is 15.0 Å². The summed E-state index contributed by atoms with van der Waals surface area (Å²) in [6.07, 6.45) is -11.6. The Kier molecular flexibility index (Phi) is 9.74. The zero-order chi connectivity index (χ0) is 34.9. The highest BCUT2D eigenvalue weighted by Crippen LogP contribution is 2.48.